The average molecular weight is 276 g/mol. The zero-order chi connectivity index (χ0) is 15.0. The average Bonchev–Trinajstić information content (AvgIpc) is 2.45. The first-order valence-corrected chi connectivity index (χ1v) is 7.28. The molecule has 0 bridgehead atoms. The molecule has 1 heterocycles. The number of hydrogen-bond acceptors (Lipinski definition) is 2. The predicted molar refractivity (Wildman–Crippen MR) is 88.4 cm³/mol. The SMILES string of the molecule is Cc1cc(-c2cnc3ccccc3n2)cc(C(C)(C)C)c1. The molecule has 2 aromatic carbocycles. The van der Waals surface area contributed by atoms with Gasteiger partial charge in [0.15, 0.2) is 0 Å². The van der Waals surface area contributed by atoms with E-state index in [1.165, 1.54) is 11.1 Å². The third kappa shape index (κ3) is 2.80. The lowest BCUT2D eigenvalue weighted by atomic mass is 9.85. The Labute approximate surface area is 125 Å². The van der Waals surface area contributed by atoms with Gasteiger partial charge in [-0.05, 0) is 42.2 Å². The fourth-order valence-corrected chi connectivity index (χ4v) is 2.46. The lowest BCUT2D eigenvalue weighted by Crippen LogP contribution is -2.11. The van der Waals surface area contributed by atoms with Crippen LogP contribution in [0, 0.1) is 6.92 Å². The van der Waals surface area contributed by atoms with Crippen molar-refractivity contribution in [3.8, 4) is 11.3 Å². The van der Waals surface area contributed by atoms with Gasteiger partial charge in [0.1, 0.15) is 0 Å². The molecule has 0 atom stereocenters. The Morgan fingerprint density at radius 1 is 0.905 bits per heavy atom. The summed E-state index contributed by atoms with van der Waals surface area (Å²) in [6.07, 6.45) is 1.86. The third-order valence-corrected chi connectivity index (χ3v) is 3.69. The molecule has 0 aliphatic carbocycles. The van der Waals surface area contributed by atoms with Gasteiger partial charge in [-0.2, -0.15) is 0 Å². The van der Waals surface area contributed by atoms with Crippen LogP contribution in [0.25, 0.3) is 22.3 Å². The standard InChI is InChI=1S/C19H20N2/c1-13-9-14(11-15(10-13)19(2,3)4)18-12-20-16-7-5-6-8-17(16)21-18/h5-12H,1-4H3. The Balaban J connectivity index is 2.16. The Morgan fingerprint density at radius 3 is 2.33 bits per heavy atom. The van der Waals surface area contributed by atoms with Crippen molar-refractivity contribution in [2.24, 2.45) is 0 Å². The predicted octanol–water partition coefficient (Wildman–Crippen LogP) is 4.90. The molecule has 0 radical (unpaired) electrons. The molecule has 3 rings (SSSR count). The van der Waals surface area contributed by atoms with Crippen LogP contribution in [-0.2, 0) is 5.41 Å². The first-order chi connectivity index (χ1) is 9.93. The molecule has 0 saturated carbocycles. The van der Waals surface area contributed by atoms with Crippen molar-refractivity contribution in [2.75, 3.05) is 0 Å². The quantitative estimate of drug-likeness (QED) is 0.631. The summed E-state index contributed by atoms with van der Waals surface area (Å²) in [6.45, 7) is 8.83. The zero-order valence-electron chi connectivity index (χ0n) is 13.0. The number of benzene rings is 2. The molecule has 0 N–H and O–H groups in total. The maximum Gasteiger partial charge on any atom is 0.0894 e. The normalized spacial score (nSPS) is 11.8. The number of rotatable bonds is 1. The van der Waals surface area contributed by atoms with E-state index in [2.05, 4.69) is 50.9 Å². The van der Waals surface area contributed by atoms with E-state index >= 15 is 0 Å². The van der Waals surface area contributed by atoms with Crippen molar-refractivity contribution in [2.45, 2.75) is 33.1 Å². The molecule has 1 aromatic heterocycles. The molecule has 3 aromatic rings. The fraction of sp³-hybridized carbons (Fsp3) is 0.263. The van der Waals surface area contributed by atoms with Crippen LogP contribution in [-0.4, -0.2) is 9.97 Å². The van der Waals surface area contributed by atoms with Crippen LogP contribution in [0.4, 0.5) is 0 Å². The Hall–Kier alpha value is -2.22. The van der Waals surface area contributed by atoms with Crippen molar-refractivity contribution in [3.05, 3.63) is 59.8 Å². The van der Waals surface area contributed by atoms with Gasteiger partial charge in [0.2, 0.25) is 0 Å². The van der Waals surface area contributed by atoms with Gasteiger partial charge >= 0.3 is 0 Å². The van der Waals surface area contributed by atoms with E-state index in [0.717, 1.165) is 22.3 Å². The summed E-state index contributed by atoms with van der Waals surface area (Å²) >= 11 is 0. The molecule has 2 nitrogen and oxygen atoms in total. The summed E-state index contributed by atoms with van der Waals surface area (Å²) < 4.78 is 0. The number of para-hydroxylation sites is 2. The van der Waals surface area contributed by atoms with E-state index in [4.69, 9.17) is 4.98 Å². The molecular weight excluding hydrogens is 256 g/mol. The highest BCUT2D eigenvalue weighted by atomic mass is 14.8. The number of nitrogens with zero attached hydrogens (tertiary/aromatic N) is 2. The number of aryl methyl sites for hydroxylation is 1. The lowest BCUT2D eigenvalue weighted by molar-refractivity contribution is 0.590. The maximum atomic E-state index is 4.75. The van der Waals surface area contributed by atoms with Crippen molar-refractivity contribution >= 4 is 11.0 Å². The van der Waals surface area contributed by atoms with Crippen molar-refractivity contribution in [3.63, 3.8) is 0 Å². The van der Waals surface area contributed by atoms with Gasteiger partial charge in [-0.3, -0.25) is 4.98 Å². The van der Waals surface area contributed by atoms with Gasteiger partial charge in [-0.15, -0.1) is 0 Å². The maximum absolute atomic E-state index is 4.75. The number of hydrogen-bond donors (Lipinski definition) is 0. The Bertz CT molecular complexity index is 798. The van der Waals surface area contributed by atoms with Crippen LogP contribution in [0.1, 0.15) is 31.9 Å². The minimum absolute atomic E-state index is 0.130. The molecule has 0 unspecified atom stereocenters. The van der Waals surface area contributed by atoms with Crippen LogP contribution in [0.5, 0.6) is 0 Å². The number of aromatic nitrogens is 2. The smallest absolute Gasteiger partial charge is 0.0894 e. The van der Waals surface area contributed by atoms with Crippen LogP contribution >= 0.6 is 0 Å². The zero-order valence-corrected chi connectivity index (χ0v) is 13.0. The second-order valence-corrected chi connectivity index (χ2v) is 6.58. The minimum atomic E-state index is 0.130. The van der Waals surface area contributed by atoms with Crippen molar-refractivity contribution in [1.82, 2.24) is 9.97 Å². The Kier molecular flexibility index (Phi) is 3.25. The van der Waals surface area contributed by atoms with Crippen LogP contribution < -0.4 is 0 Å². The largest absolute Gasteiger partial charge is 0.252 e. The molecule has 0 saturated heterocycles. The summed E-state index contributed by atoms with van der Waals surface area (Å²) in [7, 11) is 0. The second-order valence-electron chi connectivity index (χ2n) is 6.58. The van der Waals surface area contributed by atoms with E-state index in [0.29, 0.717) is 0 Å². The monoisotopic (exact) mass is 276 g/mol. The summed E-state index contributed by atoms with van der Waals surface area (Å²) in [5, 5.41) is 0. The summed E-state index contributed by atoms with van der Waals surface area (Å²) in [5.41, 5.74) is 6.66. The molecule has 106 valence electrons. The van der Waals surface area contributed by atoms with Gasteiger partial charge in [0.25, 0.3) is 0 Å². The van der Waals surface area contributed by atoms with E-state index in [1.54, 1.807) is 0 Å². The molecule has 0 aliphatic rings. The topological polar surface area (TPSA) is 25.8 Å². The van der Waals surface area contributed by atoms with Crippen LogP contribution in [0.15, 0.2) is 48.7 Å². The highest BCUT2D eigenvalue weighted by molar-refractivity contribution is 5.77. The lowest BCUT2D eigenvalue weighted by Gasteiger charge is -2.20. The second kappa shape index (κ2) is 4.96. The summed E-state index contributed by atoms with van der Waals surface area (Å²) in [6, 6.07) is 14.6. The molecule has 0 spiro atoms. The highest BCUT2D eigenvalue weighted by Crippen LogP contribution is 2.28. The summed E-state index contributed by atoms with van der Waals surface area (Å²) in [4.78, 5) is 9.26. The molecule has 2 heteroatoms. The van der Waals surface area contributed by atoms with Crippen molar-refractivity contribution in [1.29, 1.82) is 0 Å². The minimum Gasteiger partial charge on any atom is -0.252 e. The van der Waals surface area contributed by atoms with Crippen LogP contribution in [0.2, 0.25) is 0 Å². The first kappa shape index (κ1) is 13.7. The van der Waals surface area contributed by atoms with E-state index in [1.807, 2.05) is 30.5 Å². The number of fused-ring (bicyclic) bond motifs is 1. The molecule has 0 fully saturated rings. The van der Waals surface area contributed by atoms with Gasteiger partial charge in [-0.1, -0.05) is 44.5 Å². The van der Waals surface area contributed by atoms with Gasteiger partial charge < -0.3 is 0 Å². The van der Waals surface area contributed by atoms with E-state index in [9.17, 15) is 0 Å². The highest BCUT2D eigenvalue weighted by Gasteiger charge is 2.15. The Morgan fingerprint density at radius 2 is 1.62 bits per heavy atom. The third-order valence-electron chi connectivity index (χ3n) is 3.69. The van der Waals surface area contributed by atoms with Gasteiger partial charge in [0, 0.05) is 5.56 Å². The molecule has 0 amide bonds. The fourth-order valence-electron chi connectivity index (χ4n) is 2.46. The first-order valence-electron chi connectivity index (χ1n) is 7.28. The van der Waals surface area contributed by atoms with Crippen LogP contribution in [0.3, 0.4) is 0 Å². The molecular formula is C19H20N2. The molecule has 0 aliphatic heterocycles. The van der Waals surface area contributed by atoms with E-state index < -0.39 is 0 Å². The summed E-state index contributed by atoms with van der Waals surface area (Å²) in [5.74, 6) is 0. The molecule has 21 heavy (non-hydrogen) atoms. The van der Waals surface area contributed by atoms with Crippen molar-refractivity contribution < 1.29 is 0 Å². The van der Waals surface area contributed by atoms with Gasteiger partial charge in [-0.25, -0.2) is 4.98 Å². The van der Waals surface area contributed by atoms with E-state index in [-0.39, 0.29) is 5.41 Å². The van der Waals surface area contributed by atoms with Gasteiger partial charge in [0.05, 0.1) is 22.9 Å².